The largest absolute Gasteiger partial charge is 0.435 e. The van der Waals surface area contributed by atoms with Gasteiger partial charge in [0.15, 0.2) is 5.69 Å². The molecule has 3 aromatic rings. The summed E-state index contributed by atoms with van der Waals surface area (Å²) in [5.74, 6) is -3.72. The molecule has 2 aromatic carbocycles. The summed E-state index contributed by atoms with van der Waals surface area (Å²) in [5.41, 5.74) is -0.971. The van der Waals surface area contributed by atoms with Gasteiger partial charge in [-0.25, -0.2) is 17.9 Å². The summed E-state index contributed by atoms with van der Waals surface area (Å²) in [6.07, 6.45) is -5.21. The van der Waals surface area contributed by atoms with E-state index < -0.39 is 35.2 Å². The standard InChI is InChI=1S/C24H22F6N2O3/c1-14(15-2-3-16(21(27)8-15)13-35-7-6-33)22(34)5-4-19-12-23(24(28,29)30)31-32(19)20-10-17(25)9-18(26)11-20/h2-3,8-12,14,33H,4-7,13H2,1H3. The Hall–Kier alpha value is -3.18. The van der Waals surface area contributed by atoms with Crippen molar-refractivity contribution in [2.75, 3.05) is 13.2 Å². The van der Waals surface area contributed by atoms with Crippen LogP contribution in [0.5, 0.6) is 0 Å². The molecule has 0 saturated heterocycles. The molecule has 0 aliphatic carbocycles. The van der Waals surface area contributed by atoms with Crippen molar-refractivity contribution < 1.29 is 41.0 Å². The van der Waals surface area contributed by atoms with Crippen molar-refractivity contribution in [1.82, 2.24) is 9.78 Å². The molecule has 0 fully saturated rings. The van der Waals surface area contributed by atoms with Crippen molar-refractivity contribution in [1.29, 1.82) is 0 Å². The van der Waals surface area contributed by atoms with E-state index in [-0.39, 0.29) is 55.4 Å². The normalized spacial score (nSPS) is 12.7. The van der Waals surface area contributed by atoms with E-state index in [1.54, 1.807) is 13.0 Å². The number of carbonyl (C=O) groups excluding carboxylic acids is 1. The first-order valence-corrected chi connectivity index (χ1v) is 10.6. The highest BCUT2D eigenvalue weighted by atomic mass is 19.4. The van der Waals surface area contributed by atoms with Gasteiger partial charge in [-0.15, -0.1) is 0 Å². The SMILES string of the molecule is CC(C(=O)CCc1cc(C(F)(F)F)nn1-c1cc(F)cc(F)c1)c1ccc(COCCO)c(F)c1. The minimum absolute atomic E-state index is 0.0466. The number of hydrogen-bond donors (Lipinski definition) is 1. The highest BCUT2D eigenvalue weighted by molar-refractivity contribution is 5.85. The Labute approximate surface area is 196 Å². The Morgan fingerprint density at radius 3 is 2.37 bits per heavy atom. The monoisotopic (exact) mass is 500 g/mol. The highest BCUT2D eigenvalue weighted by Crippen LogP contribution is 2.31. The molecule has 0 aliphatic heterocycles. The minimum atomic E-state index is -4.80. The van der Waals surface area contributed by atoms with Crippen molar-refractivity contribution in [2.24, 2.45) is 0 Å². The van der Waals surface area contributed by atoms with E-state index >= 15 is 0 Å². The van der Waals surface area contributed by atoms with Crippen LogP contribution in [0, 0.1) is 17.5 Å². The number of aliphatic hydroxyl groups is 1. The second-order valence-corrected chi connectivity index (χ2v) is 7.87. The van der Waals surface area contributed by atoms with E-state index in [0.717, 1.165) is 22.9 Å². The Morgan fingerprint density at radius 2 is 1.77 bits per heavy atom. The quantitative estimate of drug-likeness (QED) is 0.310. The fourth-order valence-electron chi connectivity index (χ4n) is 3.47. The zero-order valence-corrected chi connectivity index (χ0v) is 18.6. The first-order valence-electron chi connectivity index (χ1n) is 10.6. The van der Waals surface area contributed by atoms with Crippen molar-refractivity contribution in [2.45, 2.75) is 38.5 Å². The van der Waals surface area contributed by atoms with Gasteiger partial charge < -0.3 is 9.84 Å². The van der Waals surface area contributed by atoms with Crippen LogP contribution in [0.4, 0.5) is 26.3 Å². The fraction of sp³-hybridized carbons (Fsp3) is 0.333. The van der Waals surface area contributed by atoms with Gasteiger partial charge in [0, 0.05) is 29.7 Å². The van der Waals surface area contributed by atoms with Crippen LogP contribution in [0.15, 0.2) is 42.5 Å². The molecule has 5 nitrogen and oxygen atoms in total. The number of halogens is 6. The lowest BCUT2D eigenvalue weighted by atomic mass is 9.93. The third kappa shape index (κ3) is 6.70. The molecular weight excluding hydrogens is 478 g/mol. The molecule has 0 bridgehead atoms. The summed E-state index contributed by atoms with van der Waals surface area (Å²) in [6, 6.07) is 7.15. The number of ketones is 1. The van der Waals surface area contributed by atoms with Crippen molar-refractivity contribution >= 4 is 5.78 Å². The summed E-state index contributed by atoms with van der Waals surface area (Å²) in [6.45, 7) is 1.33. The molecule has 1 unspecified atom stereocenters. The van der Waals surface area contributed by atoms with Gasteiger partial charge in [-0.05, 0) is 36.2 Å². The third-order valence-electron chi connectivity index (χ3n) is 5.35. The maximum Gasteiger partial charge on any atom is 0.435 e. The van der Waals surface area contributed by atoms with Crippen LogP contribution in [-0.2, 0) is 28.7 Å². The van der Waals surface area contributed by atoms with Gasteiger partial charge in [0.05, 0.1) is 25.5 Å². The zero-order valence-electron chi connectivity index (χ0n) is 18.6. The first-order chi connectivity index (χ1) is 16.5. The average Bonchev–Trinajstić information content (AvgIpc) is 3.22. The molecule has 0 aliphatic rings. The molecule has 0 spiro atoms. The molecule has 1 aromatic heterocycles. The van der Waals surface area contributed by atoms with Gasteiger partial charge in [0.25, 0.3) is 0 Å². The summed E-state index contributed by atoms with van der Waals surface area (Å²) in [5, 5.41) is 12.2. The van der Waals surface area contributed by atoms with Crippen LogP contribution < -0.4 is 0 Å². The molecular formula is C24H22F6N2O3. The summed E-state index contributed by atoms with van der Waals surface area (Å²) >= 11 is 0. The zero-order chi connectivity index (χ0) is 25.8. The topological polar surface area (TPSA) is 64.4 Å². The number of aryl methyl sites for hydroxylation is 1. The lowest BCUT2D eigenvalue weighted by molar-refractivity contribution is -0.141. The average molecular weight is 500 g/mol. The van der Waals surface area contributed by atoms with Gasteiger partial charge in [-0.1, -0.05) is 19.1 Å². The number of nitrogens with zero attached hydrogens (tertiary/aromatic N) is 2. The molecule has 0 radical (unpaired) electrons. The molecule has 188 valence electrons. The maximum atomic E-state index is 14.3. The van der Waals surface area contributed by atoms with Crippen LogP contribution >= 0.6 is 0 Å². The number of hydrogen-bond acceptors (Lipinski definition) is 4. The second kappa shape index (κ2) is 11.0. The predicted octanol–water partition coefficient (Wildman–Crippen LogP) is 5.12. The highest BCUT2D eigenvalue weighted by Gasteiger charge is 2.35. The number of benzene rings is 2. The number of alkyl halides is 3. The van der Waals surface area contributed by atoms with Gasteiger partial charge in [-0.2, -0.15) is 18.3 Å². The van der Waals surface area contributed by atoms with E-state index in [1.807, 2.05) is 0 Å². The second-order valence-electron chi connectivity index (χ2n) is 7.87. The van der Waals surface area contributed by atoms with Crippen molar-refractivity contribution in [3.63, 3.8) is 0 Å². The number of carbonyl (C=O) groups is 1. The number of aliphatic hydroxyl groups excluding tert-OH is 1. The molecule has 1 atom stereocenters. The van der Waals surface area contributed by atoms with Crippen LogP contribution in [0.3, 0.4) is 0 Å². The Morgan fingerprint density at radius 1 is 1.09 bits per heavy atom. The predicted molar refractivity (Wildman–Crippen MR) is 113 cm³/mol. The molecule has 1 N–H and O–H groups in total. The van der Waals surface area contributed by atoms with E-state index in [2.05, 4.69) is 5.10 Å². The van der Waals surface area contributed by atoms with Crippen LogP contribution in [-0.4, -0.2) is 33.9 Å². The molecule has 0 saturated carbocycles. The van der Waals surface area contributed by atoms with Gasteiger partial charge in [0.2, 0.25) is 0 Å². The van der Waals surface area contributed by atoms with E-state index in [4.69, 9.17) is 9.84 Å². The van der Waals surface area contributed by atoms with E-state index in [9.17, 15) is 31.1 Å². The van der Waals surface area contributed by atoms with E-state index in [0.29, 0.717) is 11.6 Å². The van der Waals surface area contributed by atoms with Crippen LogP contribution in [0.25, 0.3) is 5.69 Å². The number of ether oxygens (including phenoxy) is 1. The van der Waals surface area contributed by atoms with Gasteiger partial charge in [0.1, 0.15) is 23.2 Å². The number of aromatic nitrogens is 2. The van der Waals surface area contributed by atoms with Crippen molar-refractivity contribution in [3.8, 4) is 5.69 Å². The molecule has 3 rings (SSSR count). The lowest BCUT2D eigenvalue weighted by Crippen LogP contribution is -2.13. The van der Waals surface area contributed by atoms with Gasteiger partial charge in [-0.3, -0.25) is 4.79 Å². The summed E-state index contributed by atoms with van der Waals surface area (Å²) in [7, 11) is 0. The number of rotatable bonds is 10. The molecule has 35 heavy (non-hydrogen) atoms. The summed E-state index contributed by atoms with van der Waals surface area (Å²) < 4.78 is 87.1. The van der Waals surface area contributed by atoms with Gasteiger partial charge >= 0.3 is 6.18 Å². The molecule has 0 amide bonds. The Bertz CT molecular complexity index is 1170. The Balaban J connectivity index is 1.78. The van der Waals surface area contributed by atoms with E-state index in [1.165, 1.54) is 12.1 Å². The first kappa shape index (κ1) is 26.4. The smallest absolute Gasteiger partial charge is 0.394 e. The Kier molecular flexibility index (Phi) is 8.34. The van der Waals surface area contributed by atoms with Crippen molar-refractivity contribution in [3.05, 3.63) is 82.4 Å². The molecule has 11 heteroatoms. The van der Waals surface area contributed by atoms with Crippen LogP contribution in [0.1, 0.15) is 41.8 Å². The third-order valence-corrected chi connectivity index (χ3v) is 5.35. The van der Waals surface area contributed by atoms with Crippen LogP contribution in [0.2, 0.25) is 0 Å². The fourth-order valence-corrected chi connectivity index (χ4v) is 3.47. The summed E-state index contributed by atoms with van der Waals surface area (Å²) in [4.78, 5) is 12.7. The minimum Gasteiger partial charge on any atom is -0.394 e. The molecule has 1 heterocycles. The maximum absolute atomic E-state index is 14.3. The number of Topliss-reactive ketones (excluding diaryl/α,β-unsaturated/α-hetero) is 1. The lowest BCUT2D eigenvalue weighted by Gasteiger charge is -2.13.